The van der Waals surface area contributed by atoms with E-state index in [2.05, 4.69) is 34.1 Å². The molecule has 0 radical (unpaired) electrons. The number of carbonyl (C=O) groups is 1. The van der Waals surface area contributed by atoms with Crippen LogP contribution in [0.3, 0.4) is 0 Å². The quantitative estimate of drug-likeness (QED) is 0.378. The molecule has 3 aromatic carbocycles. The Kier molecular flexibility index (Phi) is 9.53. The average molecular weight is 557 g/mol. The molecule has 2 aliphatic rings. The summed E-state index contributed by atoms with van der Waals surface area (Å²) >= 11 is 0. The molecule has 2 heterocycles. The number of benzene rings is 3. The maximum Gasteiger partial charge on any atom is 0.246 e. The van der Waals surface area contributed by atoms with E-state index in [0.717, 1.165) is 74.4 Å². The first-order valence-electron chi connectivity index (χ1n) is 14.4. The number of amides is 1. The van der Waals surface area contributed by atoms with Crippen molar-refractivity contribution in [2.45, 2.75) is 5.92 Å². The lowest BCUT2D eigenvalue weighted by molar-refractivity contribution is -0.144. The zero-order valence-corrected chi connectivity index (χ0v) is 24.1. The third-order valence-corrected chi connectivity index (χ3v) is 8.53. The highest BCUT2D eigenvalue weighted by Crippen LogP contribution is 2.47. The van der Waals surface area contributed by atoms with Crippen molar-refractivity contribution in [1.82, 2.24) is 14.7 Å². The third kappa shape index (κ3) is 6.09. The minimum Gasteiger partial charge on any atom is -0.496 e. The van der Waals surface area contributed by atoms with Crippen molar-refractivity contribution in [3.63, 3.8) is 0 Å². The number of hydrogen-bond acceptors (Lipinski definition) is 7. The zero-order valence-electron chi connectivity index (χ0n) is 24.1. The zero-order chi connectivity index (χ0) is 28.7. The third-order valence-electron chi connectivity index (χ3n) is 8.53. The summed E-state index contributed by atoms with van der Waals surface area (Å²) in [6.45, 7) is 8.15. The summed E-state index contributed by atoms with van der Waals surface area (Å²) in [6, 6.07) is 24.4. The van der Waals surface area contributed by atoms with E-state index in [0.29, 0.717) is 18.8 Å². The molecule has 1 amide bonds. The monoisotopic (exact) mass is 556 g/mol. The molecule has 0 saturated carbocycles. The summed E-state index contributed by atoms with van der Waals surface area (Å²) in [4.78, 5) is 21.3. The molecule has 0 spiro atoms. The number of carbonyl (C=O) groups excluding carboxylic acids is 1. The van der Waals surface area contributed by atoms with E-state index < -0.39 is 11.3 Å². The first-order chi connectivity index (χ1) is 20.1. The number of methoxy groups -OCH3 is 2. The Morgan fingerprint density at radius 2 is 1.51 bits per heavy atom. The summed E-state index contributed by atoms with van der Waals surface area (Å²) in [6.07, 6.45) is 0. The van der Waals surface area contributed by atoms with Gasteiger partial charge in [0.05, 0.1) is 33.0 Å². The van der Waals surface area contributed by atoms with E-state index >= 15 is 0 Å². The molecule has 2 atom stereocenters. The number of fused-ring (bicyclic) bond motifs is 1. The van der Waals surface area contributed by atoms with Crippen molar-refractivity contribution in [3.8, 4) is 11.8 Å². The van der Waals surface area contributed by atoms with Gasteiger partial charge in [-0.2, -0.15) is 5.26 Å². The van der Waals surface area contributed by atoms with E-state index in [-0.39, 0.29) is 12.5 Å². The molecule has 8 nitrogen and oxygen atoms in total. The fourth-order valence-corrected chi connectivity index (χ4v) is 6.31. The van der Waals surface area contributed by atoms with Crippen molar-refractivity contribution in [1.29, 1.82) is 5.26 Å². The molecule has 216 valence electrons. The summed E-state index contributed by atoms with van der Waals surface area (Å²) < 4.78 is 17.0. The van der Waals surface area contributed by atoms with Gasteiger partial charge in [-0.05, 0) is 22.4 Å². The maximum atomic E-state index is 14.6. The van der Waals surface area contributed by atoms with Crippen LogP contribution >= 0.6 is 0 Å². The minimum absolute atomic E-state index is 0.0362. The summed E-state index contributed by atoms with van der Waals surface area (Å²) in [5.74, 6) is -0.165. The summed E-state index contributed by atoms with van der Waals surface area (Å²) in [5, 5.41) is 13.0. The van der Waals surface area contributed by atoms with Crippen LogP contribution in [-0.2, 0) is 14.3 Å². The van der Waals surface area contributed by atoms with Crippen molar-refractivity contribution in [2.75, 3.05) is 86.4 Å². The lowest BCUT2D eigenvalue weighted by atomic mass is 9.67. The second-order valence-electron chi connectivity index (χ2n) is 10.8. The van der Waals surface area contributed by atoms with Gasteiger partial charge in [0, 0.05) is 70.9 Å². The molecular weight excluding hydrogens is 516 g/mol. The van der Waals surface area contributed by atoms with Crippen LogP contribution in [0.1, 0.15) is 17.0 Å². The van der Waals surface area contributed by atoms with E-state index in [1.54, 1.807) is 14.2 Å². The lowest BCUT2D eigenvalue weighted by Crippen LogP contribution is -2.56. The number of hydrogen-bond donors (Lipinski definition) is 0. The van der Waals surface area contributed by atoms with Crippen molar-refractivity contribution in [3.05, 3.63) is 77.9 Å². The van der Waals surface area contributed by atoms with E-state index in [9.17, 15) is 10.1 Å². The number of piperazine rings is 1. The van der Waals surface area contributed by atoms with Gasteiger partial charge in [-0.25, -0.2) is 0 Å². The smallest absolute Gasteiger partial charge is 0.246 e. The number of nitriles is 1. The highest BCUT2D eigenvalue weighted by atomic mass is 16.5. The molecule has 0 aromatic heterocycles. The fraction of sp³-hybridized carbons (Fsp3) is 0.455. The highest BCUT2D eigenvalue weighted by molar-refractivity contribution is 5.92. The SMILES string of the molecule is COCC(C#N)(C(=O)N1CCN(CCN2CCOCC2)CC1)C(c1ccccc1OC)c1cccc2ccccc12. The second-order valence-corrected chi connectivity index (χ2v) is 10.8. The second kappa shape index (κ2) is 13.5. The van der Waals surface area contributed by atoms with Gasteiger partial charge in [0.2, 0.25) is 5.91 Å². The van der Waals surface area contributed by atoms with Gasteiger partial charge in [0.25, 0.3) is 0 Å². The van der Waals surface area contributed by atoms with Gasteiger partial charge >= 0.3 is 0 Å². The predicted molar refractivity (Wildman–Crippen MR) is 159 cm³/mol. The molecule has 8 heteroatoms. The number of ether oxygens (including phenoxy) is 3. The van der Waals surface area contributed by atoms with Gasteiger partial charge in [-0.3, -0.25) is 14.6 Å². The van der Waals surface area contributed by atoms with Crippen molar-refractivity contribution in [2.24, 2.45) is 5.41 Å². The first kappa shape index (κ1) is 29.0. The van der Waals surface area contributed by atoms with Gasteiger partial charge in [-0.1, -0.05) is 60.7 Å². The Morgan fingerprint density at radius 3 is 2.22 bits per heavy atom. The van der Waals surface area contributed by atoms with Gasteiger partial charge in [-0.15, -0.1) is 0 Å². The normalized spacial score (nSPS) is 18.9. The molecule has 5 rings (SSSR count). The molecule has 2 saturated heterocycles. The maximum absolute atomic E-state index is 14.6. The molecule has 2 unspecified atom stereocenters. The van der Waals surface area contributed by atoms with E-state index in [1.807, 2.05) is 53.4 Å². The Balaban J connectivity index is 1.48. The number of rotatable bonds is 10. The Bertz CT molecular complexity index is 1360. The first-order valence-corrected chi connectivity index (χ1v) is 14.4. The minimum atomic E-state index is -1.50. The topological polar surface area (TPSA) is 78.3 Å². The molecule has 0 N–H and O–H groups in total. The Hall–Kier alpha value is -3.48. The van der Waals surface area contributed by atoms with Crippen LogP contribution in [-0.4, -0.2) is 107 Å². The van der Waals surface area contributed by atoms with Crippen LogP contribution < -0.4 is 4.74 Å². The van der Waals surface area contributed by atoms with Gasteiger partial charge < -0.3 is 19.1 Å². The van der Waals surface area contributed by atoms with Crippen LogP contribution in [0.5, 0.6) is 5.75 Å². The largest absolute Gasteiger partial charge is 0.496 e. The van der Waals surface area contributed by atoms with Crippen LogP contribution in [0.4, 0.5) is 0 Å². The lowest BCUT2D eigenvalue weighted by Gasteiger charge is -2.42. The van der Waals surface area contributed by atoms with Crippen molar-refractivity contribution >= 4 is 16.7 Å². The van der Waals surface area contributed by atoms with Gasteiger partial charge in [0.1, 0.15) is 5.75 Å². The number of nitrogens with zero attached hydrogens (tertiary/aromatic N) is 4. The predicted octanol–water partition coefficient (Wildman–Crippen LogP) is 3.61. The van der Waals surface area contributed by atoms with Crippen LogP contribution in [0, 0.1) is 16.7 Å². The van der Waals surface area contributed by atoms with E-state index in [4.69, 9.17) is 14.2 Å². The number of para-hydroxylation sites is 1. The Morgan fingerprint density at radius 1 is 0.878 bits per heavy atom. The molecule has 0 bridgehead atoms. The van der Waals surface area contributed by atoms with Crippen LogP contribution in [0.25, 0.3) is 10.8 Å². The van der Waals surface area contributed by atoms with Crippen LogP contribution in [0.2, 0.25) is 0 Å². The number of morpholine rings is 1. The molecule has 0 aliphatic carbocycles. The Labute approximate surface area is 243 Å². The van der Waals surface area contributed by atoms with Crippen LogP contribution in [0.15, 0.2) is 66.7 Å². The molecular formula is C33H40N4O4. The molecule has 41 heavy (non-hydrogen) atoms. The van der Waals surface area contributed by atoms with E-state index in [1.165, 1.54) is 0 Å². The summed E-state index contributed by atoms with van der Waals surface area (Å²) in [5.41, 5.74) is 0.204. The molecule has 2 aliphatic heterocycles. The van der Waals surface area contributed by atoms with Gasteiger partial charge in [0.15, 0.2) is 5.41 Å². The molecule has 2 fully saturated rings. The average Bonchev–Trinajstić information content (AvgIpc) is 3.04. The highest BCUT2D eigenvalue weighted by Gasteiger charge is 2.51. The summed E-state index contributed by atoms with van der Waals surface area (Å²) in [7, 11) is 3.19. The molecule has 3 aromatic rings. The van der Waals surface area contributed by atoms with Crippen molar-refractivity contribution < 1.29 is 19.0 Å². The fourth-order valence-electron chi connectivity index (χ4n) is 6.31. The standard InChI is InChI=1S/C33H40N4O4/c1-39-25-33(24-34,32(38)37-18-16-35(17-19-37)14-15-36-20-22-41-23-21-36)31(29-11-5-6-13-30(29)40-2)28-12-7-9-26-8-3-4-10-27(26)28/h3-13,31H,14-23,25H2,1-2H3.